The van der Waals surface area contributed by atoms with E-state index in [0.29, 0.717) is 5.01 Å². The van der Waals surface area contributed by atoms with Crippen LogP contribution in [-0.2, 0) is 11.2 Å². The smallest absolute Gasteiger partial charge is 0.313 e. The van der Waals surface area contributed by atoms with Gasteiger partial charge in [0, 0.05) is 10.4 Å². The molecule has 1 aromatic carbocycles. The van der Waals surface area contributed by atoms with Crippen molar-refractivity contribution < 1.29 is 9.90 Å². The highest BCUT2D eigenvalue weighted by molar-refractivity contribution is 7.12. The summed E-state index contributed by atoms with van der Waals surface area (Å²) in [5.41, 5.74) is 3.24. The van der Waals surface area contributed by atoms with Crippen LogP contribution in [0.4, 0.5) is 0 Å². The average molecular weight is 275 g/mol. The van der Waals surface area contributed by atoms with Gasteiger partial charge in [-0.2, -0.15) is 0 Å². The summed E-state index contributed by atoms with van der Waals surface area (Å²) in [5.74, 6) is -1.38. The van der Waals surface area contributed by atoms with Gasteiger partial charge in [0.15, 0.2) is 0 Å². The van der Waals surface area contributed by atoms with E-state index in [1.165, 1.54) is 16.9 Å². The Labute approximate surface area is 116 Å². The monoisotopic (exact) mass is 275 g/mol. The molecule has 0 aliphatic carbocycles. The van der Waals surface area contributed by atoms with Crippen LogP contribution >= 0.6 is 11.3 Å². The zero-order chi connectivity index (χ0) is 14.0. The maximum atomic E-state index is 11.0. The minimum absolute atomic E-state index is 0.549. The molecule has 0 aliphatic rings. The van der Waals surface area contributed by atoms with Crippen molar-refractivity contribution in [1.29, 1.82) is 0 Å². The van der Waals surface area contributed by atoms with Crippen LogP contribution in [0.15, 0.2) is 24.3 Å². The Morgan fingerprint density at radius 1 is 1.37 bits per heavy atom. The molecule has 3 nitrogen and oxygen atoms in total. The first-order valence-corrected chi connectivity index (χ1v) is 7.14. The Kier molecular flexibility index (Phi) is 4.00. The van der Waals surface area contributed by atoms with Crippen LogP contribution in [-0.4, -0.2) is 16.1 Å². The Morgan fingerprint density at radius 3 is 2.53 bits per heavy atom. The summed E-state index contributed by atoms with van der Waals surface area (Å²) in [5, 5.41) is 9.71. The van der Waals surface area contributed by atoms with Crippen molar-refractivity contribution in [3.63, 3.8) is 0 Å². The number of thiazole rings is 1. The number of aromatic nitrogens is 1. The molecular formula is C15H17NO2S. The Balaban J connectivity index is 2.36. The summed E-state index contributed by atoms with van der Waals surface area (Å²) in [4.78, 5) is 16.6. The van der Waals surface area contributed by atoms with Crippen molar-refractivity contribution in [2.24, 2.45) is 0 Å². The van der Waals surface area contributed by atoms with E-state index >= 15 is 0 Å². The van der Waals surface area contributed by atoms with Crippen LogP contribution in [0.5, 0.6) is 0 Å². The van der Waals surface area contributed by atoms with E-state index in [2.05, 4.69) is 36.2 Å². The molecule has 19 heavy (non-hydrogen) atoms. The molecule has 2 aromatic rings. The average Bonchev–Trinajstić information content (AvgIpc) is 2.80. The standard InChI is InChI=1S/C15H17NO2S/c1-4-11-5-7-12(8-6-11)13-10(3)19-14(16-13)9(2)15(17)18/h5-9H,4H2,1-3H3,(H,17,18). The lowest BCUT2D eigenvalue weighted by atomic mass is 10.1. The van der Waals surface area contributed by atoms with Crippen molar-refractivity contribution in [3.8, 4) is 11.3 Å². The second kappa shape index (κ2) is 5.53. The number of carboxylic acids is 1. The third-order valence-corrected chi connectivity index (χ3v) is 4.34. The SMILES string of the molecule is CCc1ccc(-c2nc(C(C)C(=O)O)sc2C)cc1. The summed E-state index contributed by atoms with van der Waals surface area (Å²) in [7, 11) is 0. The molecule has 1 heterocycles. The lowest BCUT2D eigenvalue weighted by Gasteiger charge is -2.01. The lowest BCUT2D eigenvalue weighted by molar-refractivity contribution is -0.138. The third kappa shape index (κ3) is 2.84. The van der Waals surface area contributed by atoms with E-state index in [9.17, 15) is 4.79 Å². The number of aryl methyl sites for hydroxylation is 2. The minimum Gasteiger partial charge on any atom is -0.481 e. The minimum atomic E-state index is -0.832. The quantitative estimate of drug-likeness (QED) is 0.921. The summed E-state index contributed by atoms with van der Waals surface area (Å²) in [6.45, 7) is 5.78. The fourth-order valence-electron chi connectivity index (χ4n) is 1.87. The lowest BCUT2D eigenvalue weighted by Crippen LogP contribution is -2.06. The van der Waals surface area contributed by atoms with Gasteiger partial charge in [-0.25, -0.2) is 4.98 Å². The van der Waals surface area contributed by atoms with Gasteiger partial charge in [-0.1, -0.05) is 31.2 Å². The maximum absolute atomic E-state index is 11.0. The first-order chi connectivity index (χ1) is 9.02. The molecule has 100 valence electrons. The zero-order valence-corrected chi connectivity index (χ0v) is 12.1. The molecule has 0 fully saturated rings. The van der Waals surface area contributed by atoms with Crippen LogP contribution in [0.2, 0.25) is 0 Å². The molecule has 1 N–H and O–H groups in total. The predicted octanol–water partition coefficient (Wildman–Crippen LogP) is 3.87. The van der Waals surface area contributed by atoms with Crippen molar-refractivity contribution in [1.82, 2.24) is 4.98 Å². The van der Waals surface area contributed by atoms with Crippen LogP contribution in [0.1, 0.15) is 35.2 Å². The number of aliphatic carboxylic acids is 1. The van der Waals surface area contributed by atoms with Crippen LogP contribution < -0.4 is 0 Å². The molecule has 1 aromatic heterocycles. The molecule has 0 radical (unpaired) electrons. The molecule has 0 aliphatic heterocycles. The second-order valence-corrected chi connectivity index (χ2v) is 5.80. The molecule has 0 saturated carbocycles. The summed E-state index contributed by atoms with van der Waals surface area (Å²) < 4.78 is 0. The van der Waals surface area contributed by atoms with E-state index in [1.54, 1.807) is 6.92 Å². The van der Waals surface area contributed by atoms with Gasteiger partial charge < -0.3 is 5.11 Å². The highest BCUT2D eigenvalue weighted by atomic mass is 32.1. The van der Waals surface area contributed by atoms with E-state index in [0.717, 1.165) is 22.6 Å². The Morgan fingerprint density at radius 2 is 2.00 bits per heavy atom. The second-order valence-electron chi connectivity index (χ2n) is 4.57. The number of rotatable bonds is 4. The van der Waals surface area contributed by atoms with Gasteiger partial charge >= 0.3 is 5.97 Å². The number of benzene rings is 1. The van der Waals surface area contributed by atoms with Gasteiger partial charge in [-0.3, -0.25) is 4.79 Å². The van der Waals surface area contributed by atoms with Gasteiger partial charge in [0.25, 0.3) is 0 Å². The fourth-order valence-corrected chi connectivity index (χ4v) is 2.86. The number of nitrogens with zero attached hydrogens (tertiary/aromatic N) is 1. The molecule has 1 atom stereocenters. The first-order valence-electron chi connectivity index (χ1n) is 6.32. The molecule has 0 spiro atoms. The third-order valence-electron chi connectivity index (χ3n) is 3.19. The van der Waals surface area contributed by atoms with E-state index in [-0.39, 0.29) is 0 Å². The zero-order valence-electron chi connectivity index (χ0n) is 11.3. The van der Waals surface area contributed by atoms with E-state index < -0.39 is 11.9 Å². The Hall–Kier alpha value is -1.68. The maximum Gasteiger partial charge on any atom is 0.313 e. The van der Waals surface area contributed by atoms with Crippen molar-refractivity contribution in [2.45, 2.75) is 33.1 Å². The first kappa shape index (κ1) is 13.7. The molecule has 0 amide bonds. The van der Waals surface area contributed by atoms with Crippen molar-refractivity contribution in [2.75, 3.05) is 0 Å². The highest BCUT2D eigenvalue weighted by Gasteiger charge is 2.20. The van der Waals surface area contributed by atoms with Crippen LogP contribution in [0.25, 0.3) is 11.3 Å². The normalized spacial score (nSPS) is 12.4. The van der Waals surface area contributed by atoms with Gasteiger partial charge in [-0.05, 0) is 25.8 Å². The molecule has 0 saturated heterocycles. The van der Waals surface area contributed by atoms with Crippen LogP contribution in [0, 0.1) is 6.92 Å². The van der Waals surface area contributed by atoms with Gasteiger partial charge in [-0.15, -0.1) is 11.3 Å². The number of carbonyl (C=O) groups is 1. The van der Waals surface area contributed by atoms with Gasteiger partial charge in [0.05, 0.1) is 5.69 Å². The van der Waals surface area contributed by atoms with E-state index in [4.69, 9.17) is 5.11 Å². The highest BCUT2D eigenvalue weighted by Crippen LogP contribution is 2.31. The molecule has 2 rings (SSSR count). The molecular weight excluding hydrogens is 258 g/mol. The van der Waals surface area contributed by atoms with Crippen molar-refractivity contribution in [3.05, 3.63) is 39.7 Å². The van der Waals surface area contributed by atoms with Crippen LogP contribution in [0.3, 0.4) is 0 Å². The predicted molar refractivity (Wildman–Crippen MR) is 77.7 cm³/mol. The number of hydrogen-bond donors (Lipinski definition) is 1. The van der Waals surface area contributed by atoms with E-state index in [1.807, 2.05) is 6.92 Å². The summed E-state index contributed by atoms with van der Waals surface area (Å²) >= 11 is 1.46. The molecule has 0 bridgehead atoms. The molecule has 4 heteroatoms. The summed E-state index contributed by atoms with van der Waals surface area (Å²) in [6.07, 6.45) is 1.01. The number of hydrogen-bond acceptors (Lipinski definition) is 3. The largest absolute Gasteiger partial charge is 0.481 e. The number of carboxylic acid groups (broad SMARTS) is 1. The molecule has 1 unspecified atom stereocenters. The topological polar surface area (TPSA) is 50.2 Å². The van der Waals surface area contributed by atoms with Gasteiger partial charge in [0.2, 0.25) is 0 Å². The van der Waals surface area contributed by atoms with Gasteiger partial charge in [0.1, 0.15) is 10.9 Å². The summed E-state index contributed by atoms with van der Waals surface area (Å²) in [6, 6.07) is 8.29. The van der Waals surface area contributed by atoms with Crippen molar-refractivity contribution >= 4 is 17.3 Å². The Bertz CT molecular complexity index is 587. The fraction of sp³-hybridized carbons (Fsp3) is 0.333.